The van der Waals surface area contributed by atoms with Gasteiger partial charge >= 0.3 is 0 Å². The summed E-state index contributed by atoms with van der Waals surface area (Å²) in [5.74, 6) is 0.767. The minimum absolute atomic E-state index is 0.691. The van der Waals surface area contributed by atoms with Crippen LogP contribution in [0.2, 0.25) is 0 Å². The highest BCUT2D eigenvalue weighted by Gasteiger charge is 2.23. The molecule has 1 heterocycles. The highest BCUT2D eigenvalue weighted by Crippen LogP contribution is 2.27. The summed E-state index contributed by atoms with van der Waals surface area (Å²) < 4.78 is 1.09. The Hall–Kier alpha value is -0.410. The van der Waals surface area contributed by atoms with Gasteiger partial charge in [-0.1, -0.05) is 26.2 Å². The van der Waals surface area contributed by atoms with Crippen LogP contribution in [0.15, 0.2) is 22.9 Å². The average molecular weight is 311 g/mol. The van der Waals surface area contributed by atoms with Crippen molar-refractivity contribution in [1.29, 1.82) is 0 Å². The van der Waals surface area contributed by atoms with E-state index in [1.54, 1.807) is 0 Å². The highest BCUT2D eigenvalue weighted by molar-refractivity contribution is 9.10. The first-order valence-corrected chi connectivity index (χ1v) is 7.91. The number of rotatable bonds is 4. The van der Waals surface area contributed by atoms with Crippen LogP contribution in [-0.2, 0) is 6.42 Å². The molecular weight excluding hydrogens is 288 g/mol. The van der Waals surface area contributed by atoms with Crippen LogP contribution in [-0.4, -0.2) is 17.6 Å². The van der Waals surface area contributed by atoms with Gasteiger partial charge in [0.05, 0.1) is 0 Å². The molecule has 1 aromatic heterocycles. The van der Waals surface area contributed by atoms with Crippen molar-refractivity contribution in [3.05, 3.63) is 28.5 Å². The van der Waals surface area contributed by atoms with E-state index in [9.17, 15) is 0 Å². The van der Waals surface area contributed by atoms with Gasteiger partial charge in [0.15, 0.2) is 0 Å². The smallest absolute Gasteiger partial charge is 0.0410 e. The van der Waals surface area contributed by atoms with Gasteiger partial charge < -0.3 is 5.32 Å². The lowest BCUT2D eigenvalue weighted by atomic mass is 9.89. The summed E-state index contributed by atoms with van der Waals surface area (Å²) in [6.45, 7) is 3.29. The Kier molecular flexibility index (Phi) is 5.64. The van der Waals surface area contributed by atoms with Gasteiger partial charge in [-0.2, -0.15) is 0 Å². The lowest BCUT2D eigenvalue weighted by Crippen LogP contribution is -2.36. The molecule has 0 saturated heterocycles. The fraction of sp³-hybridized carbons (Fsp3) is 0.667. The molecule has 3 heteroatoms. The van der Waals surface area contributed by atoms with E-state index in [0.717, 1.165) is 23.4 Å². The number of pyridine rings is 1. The van der Waals surface area contributed by atoms with Crippen LogP contribution in [0.4, 0.5) is 0 Å². The van der Waals surface area contributed by atoms with Gasteiger partial charge in [-0.3, -0.25) is 4.98 Å². The van der Waals surface area contributed by atoms with E-state index in [1.807, 2.05) is 12.4 Å². The first-order chi connectivity index (χ1) is 8.79. The highest BCUT2D eigenvalue weighted by atomic mass is 79.9. The van der Waals surface area contributed by atoms with Crippen LogP contribution in [0.25, 0.3) is 0 Å². The quantitative estimate of drug-likeness (QED) is 0.852. The molecule has 1 fully saturated rings. The molecule has 2 rings (SSSR count). The van der Waals surface area contributed by atoms with Crippen molar-refractivity contribution in [3.63, 3.8) is 0 Å². The molecule has 0 aromatic carbocycles. The molecule has 0 radical (unpaired) electrons. The summed E-state index contributed by atoms with van der Waals surface area (Å²) in [5.41, 5.74) is 1.36. The van der Waals surface area contributed by atoms with Crippen molar-refractivity contribution in [1.82, 2.24) is 10.3 Å². The largest absolute Gasteiger partial charge is 0.314 e. The lowest BCUT2D eigenvalue weighted by Gasteiger charge is -2.26. The second-order valence-electron chi connectivity index (χ2n) is 5.28. The van der Waals surface area contributed by atoms with Crippen LogP contribution in [0, 0.1) is 5.92 Å². The second kappa shape index (κ2) is 7.25. The third kappa shape index (κ3) is 4.06. The molecule has 100 valence electrons. The summed E-state index contributed by atoms with van der Waals surface area (Å²) in [5, 5.41) is 3.68. The van der Waals surface area contributed by atoms with Gasteiger partial charge in [0, 0.05) is 22.9 Å². The molecule has 18 heavy (non-hydrogen) atoms. The maximum Gasteiger partial charge on any atom is 0.0410 e. The number of nitrogens with zero attached hydrogens (tertiary/aromatic N) is 1. The third-order valence-electron chi connectivity index (χ3n) is 3.88. The maximum absolute atomic E-state index is 4.28. The molecule has 0 bridgehead atoms. The van der Waals surface area contributed by atoms with Crippen molar-refractivity contribution >= 4 is 15.9 Å². The monoisotopic (exact) mass is 310 g/mol. The van der Waals surface area contributed by atoms with Gasteiger partial charge in [0.25, 0.3) is 0 Å². The number of nitrogens with one attached hydrogen (secondary N) is 1. The first kappa shape index (κ1) is 14.0. The Balaban J connectivity index is 2.03. The van der Waals surface area contributed by atoms with Crippen molar-refractivity contribution in [2.45, 2.75) is 51.5 Å². The Morgan fingerprint density at radius 2 is 2.11 bits per heavy atom. The summed E-state index contributed by atoms with van der Waals surface area (Å²) in [6, 6.07) is 2.90. The summed E-state index contributed by atoms with van der Waals surface area (Å²) in [4.78, 5) is 4.28. The van der Waals surface area contributed by atoms with Crippen molar-refractivity contribution < 1.29 is 0 Å². The fourth-order valence-corrected chi connectivity index (χ4v) is 3.44. The van der Waals surface area contributed by atoms with Gasteiger partial charge in [0.2, 0.25) is 0 Å². The Bertz CT molecular complexity index is 367. The molecule has 1 N–H and O–H groups in total. The molecule has 2 nitrogen and oxygen atoms in total. The molecule has 0 aliphatic heterocycles. The molecule has 1 aliphatic carbocycles. The number of halogens is 1. The van der Waals surface area contributed by atoms with Crippen molar-refractivity contribution in [3.8, 4) is 0 Å². The molecule has 1 aliphatic rings. The van der Waals surface area contributed by atoms with E-state index in [1.165, 1.54) is 37.7 Å². The average Bonchev–Trinajstić information content (AvgIpc) is 2.56. The SMILES string of the molecule is CCNC1CCCCCC1Cc1cncc(Br)c1. The molecule has 2 atom stereocenters. The van der Waals surface area contributed by atoms with E-state index in [-0.39, 0.29) is 0 Å². The Labute approximate surface area is 119 Å². The zero-order chi connectivity index (χ0) is 12.8. The van der Waals surface area contributed by atoms with Crippen LogP contribution in [0.3, 0.4) is 0 Å². The zero-order valence-electron chi connectivity index (χ0n) is 11.2. The minimum Gasteiger partial charge on any atom is -0.314 e. The molecule has 1 saturated carbocycles. The third-order valence-corrected chi connectivity index (χ3v) is 4.32. The van der Waals surface area contributed by atoms with Crippen LogP contribution >= 0.6 is 15.9 Å². The summed E-state index contributed by atoms with van der Waals surface area (Å²) in [6.07, 6.45) is 11.9. The van der Waals surface area contributed by atoms with Gasteiger partial charge in [-0.15, -0.1) is 0 Å². The van der Waals surface area contributed by atoms with Gasteiger partial charge in [-0.25, -0.2) is 0 Å². The second-order valence-corrected chi connectivity index (χ2v) is 6.19. The number of aromatic nitrogens is 1. The van der Waals surface area contributed by atoms with Crippen molar-refractivity contribution in [2.24, 2.45) is 5.92 Å². The Morgan fingerprint density at radius 1 is 1.28 bits per heavy atom. The maximum atomic E-state index is 4.28. The molecular formula is C15H23BrN2. The predicted octanol–water partition coefficient (Wildman–Crippen LogP) is 3.95. The Morgan fingerprint density at radius 3 is 2.89 bits per heavy atom. The minimum atomic E-state index is 0.691. The van der Waals surface area contributed by atoms with Crippen LogP contribution in [0.1, 0.15) is 44.6 Å². The van der Waals surface area contributed by atoms with E-state index >= 15 is 0 Å². The number of hydrogen-bond donors (Lipinski definition) is 1. The molecule has 0 amide bonds. The van der Waals surface area contributed by atoms with Gasteiger partial charge in [0.1, 0.15) is 0 Å². The zero-order valence-corrected chi connectivity index (χ0v) is 12.7. The van der Waals surface area contributed by atoms with Crippen molar-refractivity contribution in [2.75, 3.05) is 6.54 Å². The first-order valence-electron chi connectivity index (χ1n) is 7.12. The fourth-order valence-electron chi connectivity index (χ4n) is 3.03. The van der Waals surface area contributed by atoms with Crippen LogP contribution < -0.4 is 5.32 Å². The summed E-state index contributed by atoms with van der Waals surface area (Å²) >= 11 is 3.51. The molecule has 1 aromatic rings. The molecule has 2 unspecified atom stereocenters. The van der Waals surface area contributed by atoms with Crippen LogP contribution in [0.5, 0.6) is 0 Å². The number of hydrogen-bond acceptors (Lipinski definition) is 2. The predicted molar refractivity (Wildman–Crippen MR) is 79.7 cm³/mol. The van der Waals surface area contributed by atoms with E-state index < -0.39 is 0 Å². The van der Waals surface area contributed by atoms with E-state index in [2.05, 4.69) is 39.2 Å². The van der Waals surface area contributed by atoms with E-state index in [0.29, 0.717) is 6.04 Å². The lowest BCUT2D eigenvalue weighted by molar-refractivity contribution is 0.337. The normalized spacial score (nSPS) is 24.8. The van der Waals surface area contributed by atoms with Gasteiger partial charge in [-0.05, 0) is 59.3 Å². The van der Waals surface area contributed by atoms with E-state index in [4.69, 9.17) is 0 Å². The molecule has 0 spiro atoms. The topological polar surface area (TPSA) is 24.9 Å². The standard InChI is InChI=1S/C15H23BrN2/c1-2-18-15-7-5-3-4-6-13(15)8-12-9-14(16)11-17-10-12/h9-11,13,15,18H,2-8H2,1H3. The summed E-state index contributed by atoms with van der Waals surface area (Å²) in [7, 11) is 0.